The van der Waals surface area contributed by atoms with Crippen LogP contribution < -0.4 is 4.74 Å². The fourth-order valence-corrected chi connectivity index (χ4v) is 9.20. The molecule has 0 spiro atoms. The topological polar surface area (TPSA) is 19.1 Å². The second kappa shape index (κ2) is 12.5. The summed E-state index contributed by atoms with van der Waals surface area (Å²) in [7, 11) is 0. The lowest BCUT2D eigenvalue weighted by Gasteiger charge is -2.24. The van der Waals surface area contributed by atoms with E-state index in [0.29, 0.717) is 0 Å². The Morgan fingerprint density at radius 1 is 0.298 bits per heavy atom. The van der Waals surface area contributed by atoms with Crippen LogP contribution in [0.4, 0.5) is 0 Å². The van der Waals surface area contributed by atoms with Gasteiger partial charge in [0.1, 0.15) is 0 Å². The van der Waals surface area contributed by atoms with Crippen LogP contribution in [-0.4, -0.2) is 9.13 Å². The minimum absolute atomic E-state index is 0.863. The molecular formula is C54H34N2O. The molecule has 0 radical (unpaired) electrons. The first-order valence-corrected chi connectivity index (χ1v) is 19.5. The summed E-state index contributed by atoms with van der Waals surface area (Å²) in [6.07, 6.45) is 0. The van der Waals surface area contributed by atoms with Gasteiger partial charge in [0, 0.05) is 32.7 Å². The van der Waals surface area contributed by atoms with Crippen LogP contribution in [0.1, 0.15) is 0 Å². The maximum absolute atomic E-state index is 6.94. The predicted octanol–water partition coefficient (Wildman–Crippen LogP) is 14.7. The van der Waals surface area contributed by atoms with Gasteiger partial charge in [0.2, 0.25) is 0 Å². The van der Waals surface area contributed by atoms with Crippen molar-refractivity contribution in [2.75, 3.05) is 0 Å². The second-order valence-corrected chi connectivity index (χ2v) is 14.9. The summed E-state index contributed by atoms with van der Waals surface area (Å²) in [4.78, 5) is 0. The highest BCUT2D eigenvalue weighted by atomic mass is 16.5. The summed E-state index contributed by atoms with van der Waals surface area (Å²) < 4.78 is 11.8. The Morgan fingerprint density at radius 3 is 1.51 bits per heavy atom. The Bertz CT molecular complexity index is 3270. The number of para-hydroxylation sites is 4. The third kappa shape index (κ3) is 4.79. The number of hydrogen-bond donors (Lipinski definition) is 0. The molecule has 11 aromatic rings. The van der Waals surface area contributed by atoms with E-state index in [9.17, 15) is 0 Å². The van der Waals surface area contributed by atoms with E-state index in [1.54, 1.807) is 0 Å². The molecule has 0 unspecified atom stereocenters. The maximum Gasteiger partial charge on any atom is 0.159 e. The molecule has 1 aliphatic rings. The van der Waals surface area contributed by atoms with Crippen molar-refractivity contribution >= 4 is 43.6 Å². The minimum atomic E-state index is 0.863. The molecule has 2 aromatic heterocycles. The average Bonchev–Trinajstić information content (AvgIpc) is 3.80. The number of aromatic nitrogens is 2. The van der Waals surface area contributed by atoms with E-state index in [-0.39, 0.29) is 0 Å². The fraction of sp³-hybridized carbons (Fsp3) is 0. The standard InChI is InChI=1S/C54H34N2O/c1-3-15-35(16-4-1)37-29-31-49-45(33-37)46-34-38(36-17-5-2-6-18-36)30-32-50(46)55(49)47-25-11-9-21-41(47)39-19-7-8-20-40(39)44-24-13-27-51-54(44)57-52-28-14-23-43-42-22-10-12-26-48(42)56(51)53(43)52/h1-34H. The molecule has 0 aliphatic carbocycles. The lowest BCUT2D eigenvalue weighted by Crippen LogP contribution is -2.05. The summed E-state index contributed by atoms with van der Waals surface area (Å²) in [5.41, 5.74) is 16.1. The zero-order valence-electron chi connectivity index (χ0n) is 30.9. The molecule has 9 aromatic carbocycles. The third-order valence-corrected chi connectivity index (χ3v) is 11.7. The fourth-order valence-electron chi connectivity index (χ4n) is 9.20. The molecule has 266 valence electrons. The first-order valence-electron chi connectivity index (χ1n) is 19.5. The molecule has 0 N–H and O–H groups in total. The Labute approximate surface area is 329 Å². The maximum atomic E-state index is 6.94. The van der Waals surface area contributed by atoms with Crippen molar-refractivity contribution < 1.29 is 4.74 Å². The van der Waals surface area contributed by atoms with Crippen LogP contribution in [0.25, 0.3) is 99.5 Å². The molecule has 12 rings (SSSR count). The van der Waals surface area contributed by atoms with E-state index in [4.69, 9.17) is 4.74 Å². The highest BCUT2D eigenvalue weighted by Gasteiger charge is 2.27. The van der Waals surface area contributed by atoms with Gasteiger partial charge in [0.15, 0.2) is 11.5 Å². The normalized spacial score (nSPS) is 12.0. The summed E-state index contributed by atoms with van der Waals surface area (Å²) in [6, 6.07) is 74.4. The number of fused-ring (bicyclic) bond motifs is 8. The van der Waals surface area contributed by atoms with Gasteiger partial charge in [-0.05, 0) is 81.9 Å². The van der Waals surface area contributed by atoms with Gasteiger partial charge >= 0.3 is 0 Å². The minimum Gasteiger partial charge on any atom is -0.452 e. The van der Waals surface area contributed by atoms with Gasteiger partial charge in [-0.3, -0.25) is 0 Å². The molecule has 1 aliphatic heterocycles. The molecule has 57 heavy (non-hydrogen) atoms. The molecule has 0 bridgehead atoms. The van der Waals surface area contributed by atoms with Crippen molar-refractivity contribution in [1.29, 1.82) is 0 Å². The Kier molecular flexibility index (Phi) is 6.93. The van der Waals surface area contributed by atoms with Crippen LogP contribution in [-0.2, 0) is 0 Å². The van der Waals surface area contributed by atoms with Crippen molar-refractivity contribution in [3.63, 3.8) is 0 Å². The smallest absolute Gasteiger partial charge is 0.159 e. The Hall–Kier alpha value is -7.62. The number of hydrogen-bond acceptors (Lipinski definition) is 1. The Morgan fingerprint density at radius 2 is 0.807 bits per heavy atom. The summed E-state index contributed by atoms with van der Waals surface area (Å²) >= 11 is 0. The second-order valence-electron chi connectivity index (χ2n) is 14.9. The lowest BCUT2D eigenvalue weighted by atomic mass is 9.92. The van der Waals surface area contributed by atoms with Gasteiger partial charge in [0.25, 0.3) is 0 Å². The zero-order chi connectivity index (χ0) is 37.5. The van der Waals surface area contributed by atoms with Gasteiger partial charge in [0.05, 0.1) is 33.4 Å². The van der Waals surface area contributed by atoms with Crippen LogP contribution in [0, 0.1) is 0 Å². The van der Waals surface area contributed by atoms with Crippen LogP contribution in [0.5, 0.6) is 11.5 Å². The van der Waals surface area contributed by atoms with Crippen LogP contribution in [0.2, 0.25) is 0 Å². The molecule has 3 heteroatoms. The van der Waals surface area contributed by atoms with Crippen molar-refractivity contribution in [3.8, 4) is 67.4 Å². The SMILES string of the molecule is c1ccc(-c2ccc3c(c2)c2cc(-c4ccccc4)ccc2n3-c2ccccc2-c2ccccc2-c2cccc3c2Oc2cccc4c5ccccc5n-3c24)cc1. The van der Waals surface area contributed by atoms with Crippen molar-refractivity contribution in [2.45, 2.75) is 0 Å². The van der Waals surface area contributed by atoms with Crippen molar-refractivity contribution in [3.05, 3.63) is 206 Å². The van der Waals surface area contributed by atoms with E-state index in [0.717, 1.165) is 50.6 Å². The zero-order valence-corrected chi connectivity index (χ0v) is 30.9. The Balaban J connectivity index is 1.08. The van der Waals surface area contributed by atoms with Gasteiger partial charge in [-0.2, -0.15) is 0 Å². The highest BCUT2D eigenvalue weighted by Crippen LogP contribution is 2.50. The van der Waals surface area contributed by atoms with Gasteiger partial charge < -0.3 is 13.9 Å². The predicted molar refractivity (Wildman–Crippen MR) is 237 cm³/mol. The number of nitrogens with zero attached hydrogens (tertiary/aromatic N) is 2. The van der Waals surface area contributed by atoms with Crippen LogP contribution in [0.3, 0.4) is 0 Å². The summed E-state index contributed by atoms with van der Waals surface area (Å²) in [6.45, 7) is 0. The highest BCUT2D eigenvalue weighted by molar-refractivity contribution is 6.14. The van der Waals surface area contributed by atoms with E-state index < -0.39 is 0 Å². The van der Waals surface area contributed by atoms with Crippen molar-refractivity contribution in [2.24, 2.45) is 0 Å². The van der Waals surface area contributed by atoms with E-state index >= 15 is 0 Å². The molecule has 0 amide bonds. The summed E-state index contributed by atoms with van der Waals surface area (Å²) in [5, 5.41) is 4.87. The summed E-state index contributed by atoms with van der Waals surface area (Å²) in [5.74, 6) is 1.74. The van der Waals surface area contributed by atoms with Crippen LogP contribution >= 0.6 is 0 Å². The van der Waals surface area contributed by atoms with E-state index in [2.05, 4.69) is 215 Å². The molecule has 0 saturated carbocycles. The lowest BCUT2D eigenvalue weighted by molar-refractivity contribution is 0.478. The van der Waals surface area contributed by atoms with Gasteiger partial charge in [-0.25, -0.2) is 0 Å². The van der Waals surface area contributed by atoms with Crippen molar-refractivity contribution in [1.82, 2.24) is 9.13 Å². The van der Waals surface area contributed by atoms with E-state index in [1.165, 1.54) is 60.3 Å². The number of benzene rings is 9. The molecular weight excluding hydrogens is 693 g/mol. The molecule has 3 heterocycles. The molecule has 0 fully saturated rings. The monoisotopic (exact) mass is 726 g/mol. The third-order valence-electron chi connectivity index (χ3n) is 11.7. The van der Waals surface area contributed by atoms with Gasteiger partial charge in [-0.1, -0.05) is 158 Å². The average molecular weight is 727 g/mol. The van der Waals surface area contributed by atoms with E-state index in [1.807, 2.05) is 0 Å². The molecule has 0 saturated heterocycles. The molecule has 3 nitrogen and oxygen atoms in total. The largest absolute Gasteiger partial charge is 0.452 e. The first kappa shape index (κ1) is 31.7. The number of rotatable bonds is 5. The molecule has 0 atom stereocenters. The quantitative estimate of drug-likeness (QED) is 0.173. The number of ether oxygens (including phenoxy) is 1. The first-order chi connectivity index (χ1) is 28.3. The van der Waals surface area contributed by atoms with Gasteiger partial charge in [-0.15, -0.1) is 0 Å². The van der Waals surface area contributed by atoms with Crippen LogP contribution in [0.15, 0.2) is 206 Å².